The van der Waals surface area contributed by atoms with Crippen molar-refractivity contribution >= 4 is 11.9 Å². The Morgan fingerprint density at radius 3 is 2.45 bits per heavy atom. The number of nitrogens with zero attached hydrogens (tertiary/aromatic N) is 3. The van der Waals surface area contributed by atoms with E-state index in [1.54, 1.807) is 26.0 Å². The molecule has 166 valence electrons. The van der Waals surface area contributed by atoms with Gasteiger partial charge in [0, 0.05) is 58.9 Å². The zero-order valence-corrected chi connectivity index (χ0v) is 19.2. The van der Waals surface area contributed by atoms with Crippen LogP contribution in [-0.4, -0.2) is 61.9 Å². The first-order valence-electron chi connectivity index (χ1n) is 11.1. The monoisotopic (exact) mass is 421 g/mol. The van der Waals surface area contributed by atoms with E-state index in [4.69, 9.17) is 0 Å². The number of aliphatic imine (C=N–C) groups is 1. The van der Waals surface area contributed by atoms with Gasteiger partial charge >= 0.3 is 0 Å². The number of amides is 1. The van der Waals surface area contributed by atoms with E-state index in [0.29, 0.717) is 18.2 Å². The van der Waals surface area contributed by atoms with Crippen LogP contribution in [-0.2, 0) is 19.5 Å². The van der Waals surface area contributed by atoms with Gasteiger partial charge in [0.25, 0.3) is 5.91 Å². The molecule has 6 nitrogen and oxygen atoms in total. The first kappa shape index (κ1) is 22.8. The maximum atomic E-state index is 12.0. The van der Waals surface area contributed by atoms with Gasteiger partial charge in [0.2, 0.25) is 0 Å². The van der Waals surface area contributed by atoms with E-state index in [0.717, 1.165) is 44.0 Å². The Hall–Kier alpha value is -2.86. The van der Waals surface area contributed by atoms with Crippen LogP contribution in [0.3, 0.4) is 0 Å². The second kappa shape index (κ2) is 11.0. The molecule has 0 spiro atoms. The summed E-state index contributed by atoms with van der Waals surface area (Å²) in [4.78, 5) is 20.6. The average Bonchev–Trinajstić information content (AvgIpc) is 2.81. The molecule has 2 aromatic carbocycles. The number of carbonyl (C=O) groups is 1. The summed E-state index contributed by atoms with van der Waals surface area (Å²) < 4.78 is 0. The summed E-state index contributed by atoms with van der Waals surface area (Å²) in [5.41, 5.74) is 4.74. The molecule has 0 aliphatic carbocycles. The summed E-state index contributed by atoms with van der Waals surface area (Å²) in [7, 11) is 5.33. The van der Waals surface area contributed by atoms with Crippen LogP contribution < -0.4 is 10.6 Å². The van der Waals surface area contributed by atoms with Gasteiger partial charge in [-0.1, -0.05) is 43.3 Å². The van der Waals surface area contributed by atoms with Crippen molar-refractivity contribution in [1.82, 2.24) is 20.4 Å². The van der Waals surface area contributed by atoms with Crippen LogP contribution in [0.4, 0.5) is 0 Å². The molecule has 0 saturated carbocycles. The van der Waals surface area contributed by atoms with E-state index in [1.165, 1.54) is 11.1 Å². The molecule has 1 heterocycles. The Bertz CT molecular complexity index is 891. The highest BCUT2D eigenvalue weighted by Crippen LogP contribution is 2.21. The van der Waals surface area contributed by atoms with Gasteiger partial charge in [0.1, 0.15) is 0 Å². The highest BCUT2D eigenvalue weighted by atomic mass is 16.2. The van der Waals surface area contributed by atoms with E-state index in [9.17, 15) is 4.79 Å². The zero-order valence-electron chi connectivity index (χ0n) is 19.2. The molecule has 1 atom stereocenters. The summed E-state index contributed by atoms with van der Waals surface area (Å²) in [6.07, 6.45) is 2.21. The SMILES string of the molecule is CCC(CNC(=NC)NCc1ccc(C(=O)N(C)C)cc1)N1CCc2ccccc2C1. The van der Waals surface area contributed by atoms with Crippen molar-refractivity contribution in [2.45, 2.75) is 38.9 Å². The van der Waals surface area contributed by atoms with Crippen LogP contribution in [0, 0.1) is 0 Å². The lowest BCUT2D eigenvalue weighted by Gasteiger charge is -2.35. The average molecular weight is 422 g/mol. The lowest BCUT2D eigenvalue weighted by atomic mass is 9.98. The van der Waals surface area contributed by atoms with Crippen LogP contribution in [0.25, 0.3) is 0 Å². The van der Waals surface area contributed by atoms with Crippen molar-refractivity contribution in [1.29, 1.82) is 0 Å². The topological polar surface area (TPSA) is 60.0 Å². The molecule has 0 bridgehead atoms. The Kier molecular flexibility index (Phi) is 8.06. The predicted octanol–water partition coefficient (Wildman–Crippen LogP) is 2.89. The lowest BCUT2D eigenvalue weighted by molar-refractivity contribution is 0.0827. The van der Waals surface area contributed by atoms with Gasteiger partial charge in [0.15, 0.2) is 5.96 Å². The van der Waals surface area contributed by atoms with Gasteiger partial charge in [-0.05, 0) is 41.7 Å². The van der Waals surface area contributed by atoms with Crippen molar-refractivity contribution in [3.8, 4) is 0 Å². The highest BCUT2D eigenvalue weighted by Gasteiger charge is 2.22. The number of hydrogen-bond donors (Lipinski definition) is 2. The predicted molar refractivity (Wildman–Crippen MR) is 127 cm³/mol. The minimum atomic E-state index is 0.0166. The molecule has 0 aromatic heterocycles. The minimum Gasteiger partial charge on any atom is -0.355 e. The van der Waals surface area contributed by atoms with E-state index in [-0.39, 0.29) is 5.91 Å². The van der Waals surface area contributed by atoms with Gasteiger partial charge < -0.3 is 15.5 Å². The van der Waals surface area contributed by atoms with Gasteiger partial charge in [-0.3, -0.25) is 14.7 Å². The number of nitrogens with one attached hydrogen (secondary N) is 2. The van der Waals surface area contributed by atoms with Crippen LogP contribution in [0.1, 0.15) is 40.4 Å². The van der Waals surface area contributed by atoms with Gasteiger partial charge in [-0.15, -0.1) is 0 Å². The lowest BCUT2D eigenvalue weighted by Crippen LogP contribution is -2.48. The minimum absolute atomic E-state index is 0.0166. The summed E-state index contributed by atoms with van der Waals surface area (Å²) >= 11 is 0. The Morgan fingerprint density at radius 2 is 1.81 bits per heavy atom. The zero-order chi connectivity index (χ0) is 22.2. The van der Waals surface area contributed by atoms with Crippen molar-refractivity contribution < 1.29 is 4.79 Å². The Morgan fingerprint density at radius 1 is 1.10 bits per heavy atom. The maximum absolute atomic E-state index is 12.0. The second-order valence-electron chi connectivity index (χ2n) is 8.25. The first-order valence-corrected chi connectivity index (χ1v) is 11.1. The summed E-state index contributed by atoms with van der Waals surface area (Å²) in [5.74, 6) is 0.812. The number of fused-ring (bicyclic) bond motifs is 1. The molecule has 31 heavy (non-hydrogen) atoms. The molecular weight excluding hydrogens is 386 g/mol. The molecule has 1 amide bonds. The first-order chi connectivity index (χ1) is 15.0. The number of rotatable bonds is 7. The molecule has 2 aromatic rings. The molecule has 0 radical (unpaired) electrons. The molecule has 1 unspecified atom stereocenters. The van der Waals surface area contributed by atoms with Crippen molar-refractivity contribution in [2.75, 3.05) is 34.2 Å². The van der Waals surface area contributed by atoms with Crippen LogP contribution >= 0.6 is 0 Å². The van der Waals surface area contributed by atoms with E-state index in [2.05, 4.69) is 51.7 Å². The van der Waals surface area contributed by atoms with Gasteiger partial charge in [-0.2, -0.15) is 0 Å². The highest BCUT2D eigenvalue weighted by molar-refractivity contribution is 5.93. The van der Waals surface area contributed by atoms with Crippen molar-refractivity contribution in [2.24, 2.45) is 4.99 Å². The fraction of sp³-hybridized carbons (Fsp3) is 0.440. The number of guanidine groups is 1. The fourth-order valence-electron chi connectivity index (χ4n) is 4.01. The van der Waals surface area contributed by atoms with E-state index >= 15 is 0 Å². The van der Waals surface area contributed by atoms with Crippen LogP contribution in [0.15, 0.2) is 53.5 Å². The summed E-state index contributed by atoms with van der Waals surface area (Å²) in [5, 5.41) is 6.87. The number of hydrogen-bond acceptors (Lipinski definition) is 3. The molecule has 0 fully saturated rings. The Labute approximate surface area is 186 Å². The molecule has 3 rings (SSSR count). The molecule has 0 saturated heterocycles. The quantitative estimate of drug-likeness (QED) is 0.533. The largest absolute Gasteiger partial charge is 0.355 e. The normalized spacial score (nSPS) is 15.2. The third kappa shape index (κ3) is 6.07. The molecule has 6 heteroatoms. The van der Waals surface area contributed by atoms with Crippen LogP contribution in [0.2, 0.25) is 0 Å². The van der Waals surface area contributed by atoms with E-state index < -0.39 is 0 Å². The molecule has 1 aliphatic rings. The Balaban J connectivity index is 1.50. The standard InChI is InChI=1S/C25H35N5O/c1-5-23(30-15-14-20-8-6-7-9-22(20)18-30)17-28-25(26-2)27-16-19-10-12-21(13-11-19)24(31)29(3)4/h6-13,23H,5,14-18H2,1-4H3,(H2,26,27,28). The summed E-state index contributed by atoms with van der Waals surface area (Å²) in [6.45, 7) is 5.87. The molecular formula is C25H35N5O. The third-order valence-electron chi connectivity index (χ3n) is 5.94. The molecule has 2 N–H and O–H groups in total. The third-order valence-corrected chi connectivity index (χ3v) is 5.94. The van der Waals surface area contributed by atoms with Crippen LogP contribution in [0.5, 0.6) is 0 Å². The van der Waals surface area contributed by atoms with E-state index in [1.807, 2.05) is 24.3 Å². The molecule has 1 aliphatic heterocycles. The summed E-state index contributed by atoms with van der Waals surface area (Å²) in [6, 6.07) is 16.9. The smallest absolute Gasteiger partial charge is 0.253 e. The number of benzene rings is 2. The van der Waals surface area contributed by atoms with Crippen molar-refractivity contribution in [3.05, 3.63) is 70.8 Å². The van der Waals surface area contributed by atoms with Gasteiger partial charge in [0.05, 0.1) is 0 Å². The van der Waals surface area contributed by atoms with Crippen molar-refractivity contribution in [3.63, 3.8) is 0 Å². The second-order valence-corrected chi connectivity index (χ2v) is 8.25. The maximum Gasteiger partial charge on any atom is 0.253 e. The van der Waals surface area contributed by atoms with Gasteiger partial charge in [-0.25, -0.2) is 0 Å². The number of carbonyl (C=O) groups excluding carboxylic acids is 1. The fourth-order valence-corrected chi connectivity index (χ4v) is 4.01.